The number of carbonyl (C=O) groups excluding carboxylic acids is 1. The molecule has 0 bridgehead atoms. The van der Waals surface area contributed by atoms with Gasteiger partial charge in [-0.05, 0) is 30.5 Å². The first-order valence-electron chi connectivity index (χ1n) is 8.38. The minimum absolute atomic E-state index is 0.245. The van der Waals surface area contributed by atoms with Crippen molar-refractivity contribution in [2.24, 2.45) is 5.11 Å². The Labute approximate surface area is 152 Å². The maximum Gasteiger partial charge on any atom is 0.183 e. The number of carbonyl (C=O) groups is 1. The standard InChI is InChI=1S/C22H19N3O/c1-16-8-12-18(13-9-16)21(26)22(24-25-23,19-6-4-3-5-7-19)20-14-10-17(2)11-15-20/h3-15H,1-2H3. The van der Waals surface area contributed by atoms with Gasteiger partial charge >= 0.3 is 0 Å². The summed E-state index contributed by atoms with van der Waals surface area (Å²) in [6.07, 6.45) is 0. The van der Waals surface area contributed by atoms with Crippen molar-refractivity contribution in [3.05, 3.63) is 117 Å². The molecule has 0 aromatic heterocycles. The summed E-state index contributed by atoms with van der Waals surface area (Å²) < 4.78 is 0. The van der Waals surface area contributed by atoms with Crippen LogP contribution < -0.4 is 0 Å². The minimum Gasteiger partial charge on any atom is -0.293 e. The van der Waals surface area contributed by atoms with Gasteiger partial charge in [-0.3, -0.25) is 4.79 Å². The number of nitrogens with zero attached hydrogens (tertiary/aromatic N) is 3. The number of azide groups is 1. The van der Waals surface area contributed by atoms with E-state index in [9.17, 15) is 10.3 Å². The molecule has 0 saturated heterocycles. The van der Waals surface area contributed by atoms with Crippen molar-refractivity contribution in [2.45, 2.75) is 19.4 Å². The first-order chi connectivity index (χ1) is 12.6. The van der Waals surface area contributed by atoms with E-state index in [-0.39, 0.29) is 5.78 Å². The number of hydrogen-bond donors (Lipinski definition) is 0. The number of benzene rings is 3. The molecule has 0 aliphatic rings. The van der Waals surface area contributed by atoms with Crippen molar-refractivity contribution < 1.29 is 4.79 Å². The minimum atomic E-state index is -1.45. The molecule has 0 heterocycles. The molecule has 0 amide bonds. The van der Waals surface area contributed by atoms with Gasteiger partial charge in [0.05, 0.1) is 0 Å². The normalized spacial score (nSPS) is 12.7. The van der Waals surface area contributed by atoms with Gasteiger partial charge in [-0.2, -0.15) is 0 Å². The van der Waals surface area contributed by atoms with Crippen molar-refractivity contribution in [1.82, 2.24) is 0 Å². The fourth-order valence-corrected chi connectivity index (χ4v) is 3.04. The van der Waals surface area contributed by atoms with Crippen molar-refractivity contribution in [3.63, 3.8) is 0 Å². The number of Topliss-reactive ketones (excluding diaryl/α,β-unsaturated/α-hetero) is 1. The van der Waals surface area contributed by atoms with Gasteiger partial charge in [0.1, 0.15) is 0 Å². The number of ketones is 1. The molecule has 3 aromatic carbocycles. The van der Waals surface area contributed by atoms with E-state index >= 15 is 0 Å². The Morgan fingerprint density at radius 2 is 1.31 bits per heavy atom. The van der Waals surface area contributed by atoms with Gasteiger partial charge in [0.2, 0.25) is 0 Å². The summed E-state index contributed by atoms with van der Waals surface area (Å²) >= 11 is 0. The Balaban J connectivity index is 2.30. The zero-order valence-electron chi connectivity index (χ0n) is 14.8. The summed E-state index contributed by atoms with van der Waals surface area (Å²) in [4.78, 5) is 16.6. The van der Waals surface area contributed by atoms with Crippen LogP contribution in [-0.2, 0) is 5.54 Å². The van der Waals surface area contributed by atoms with Crippen LogP contribution in [0.2, 0.25) is 0 Å². The molecule has 0 saturated carbocycles. The zero-order chi connectivity index (χ0) is 18.6. The third kappa shape index (κ3) is 3.10. The second kappa shape index (κ2) is 7.26. The van der Waals surface area contributed by atoms with Gasteiger partial charge in [0, 0.05) is 10.5 Å². The lowest BCUT2D eigenvalue weighted by atomic mass is 9.77. The molecule has 0 aliphatic carbocycles. The molecular weight excluding hydrogens is 322 g/mol. The predicted molar refractivity (Wildman–Crippen MR) is 103 cm³/mol. The van der Waals surface area contributed by atoms with Crippen LogP contribution in [0.4, 0.5) is 0 Å². The highest BCUT2D eigenvalue weighted by molar-refractivity contribution is 6.06. The monoisotopic (exact) mass is 341 g/mol. The maximum absolute atomic E-state index is 13.6. The smallest absolute Gasteiger partial charge is 0.183 e. The summed E-state index contributed by atoms with van der Waals surface area (Å²) in [6, 6.07) is 24.0. The summed E-state index contributed by atoms with van der Waals surface area (Å²) in [7, 11) is 0. The lowest BCUT2D eigenvalue weighted by Gasteiger charge is -2.29. The van der Waals surface area contributed by atoms with Crippen LogP contribution in [0.25, 0.3) is 10.4 Å². The number of aryl methyl sites for hydroxylation is 2. The Morgan fingerprint density at radius 3 is 1.85 bits per heavy atom. The van der Waals surface area contributed by atoms with Crippen LogP contribution in [-0.4, -0.2) is 5.78 Å². The molecule has 3 rings (SSSR count). The molecule has 128 valence electrons. The molecule has 1 atom stereocenters. The van der Waals surface area contributed by atoms with Gasteiger partial charge in [-0.15, -0.1) is 0 Å². The summed E-state index contributed by atoms with van der Waals surface area (Å²) in [6.45, 7) is 3.94. The van der Waals surface area contributed by atoms with E-state index < -0.39 is 5.54 Å². The average molecular weight is 341 g/mol. The maximum atomic E-state index is 13.6. The van der Waals surface area contributed by atoms with Crippen LogP contribution in [0.5, 0.6) is 0 Å². The first kappa shape index (κ1) is 17.5. The van der Waals surface area contributed by atoms with Crippen LogP contribution in [0.3, 0.4) is 0 Å². The number of rotatable bonds is 5. The van der Waals surface area contributed by atoms with E-state index in [2.05, 4.69) is 10.0 Å². The molecular formula is C22H19N3O. The van der Waals surface area contributed by atoms with Crippen molar-refractivity contribution in [1.29, 1.82) is 0 Å². The highest BCUT2D eigenvalue weighted by Gasteiger charge is 2.41. The molecule has 0 radical (unpaired) electrons. The SMILES string of the molecule is Cc1ccc(C(=O)C(N=[N+]=[N-])(c2ccccc2)c2ccc(C)cc2)cc1. The highest BCUT2D eigenvalue weighted by atomic mass is 16.1. The van der Waals surface area contributed by atoms with Gasteiger partial charge in [0.15, 0.2) is 11.3 Å². The molecule has 1 unspecified atom stereocenters. The van der Waals surface area contributed by atoms with Gasteiger partial charge in [0.25, 0.3) is 0 Å². The van der Waals surface area contributed by atoms with Gasteiger partial charge in [-0.25, -0.2) is 0 Å². The van der Waals surface area contributed by atoms with E-state index in [0.717, 1.165) is 11.1 Å². The van der Waals surface area contributed by atoms with Gasteiger partial charge in [-0.1, -0.05) is 95.1 Å². The second-order valence-electron chi connectivity index (χ2n) is 6.33. The quantitative estimate of drug-likeness (QED) is 0.252. The van der Waals surface area contributed by atoms with E-state index in [1.165, 1.54) is 0 Å². The molecule has 3 aromatic rings. The highest BCUT2D eigenvalue weighted by Crippen LogP contribution is 2.37. The van der Waals surface area contributed by atoms with Crippen molar-refractivity contribution in [2.75, 3.05) is 0 Å². The topological polar surface area (TPSA) is 65.8 Å². The Bertz CT molecular complexity index is 957. The Hall–Kier alpha value is -3.36. The van der Waals surface area contributed by atoms with Crippen molar-refractivity contribution in [3.8, 4) is 0 Å². The van der Waals surface area contributed by atoms with E-state index in [1.807, 2.05) is 80.6 Å². The fraction of sp³-hybridized carbons (Fsp3) is 0.136. The lowest BCUT2D eigenvalue weighted by Crippen LogP contribution is -2.35. The largest absolute Gasteiger partial charge is 0.293 e. The van der Waals surface area contributed by atoms with Crippen LogP contribution >= 0.6 is 0 Å². The Kier molecular flexibility index (Phi) is 4.87. The fourth-order valence-electron chi connectivity index (χ4n) is 3.04. The molecule has 0 N–H and O–H groups in total. The molecule has 4 nitrogen and oxygen atoms in total. The molecule has 4 heteroatoms. The van der Waals surface area contributed by atoms with E-state index in [4.69, 9.17) is 0 Å². The number of hydrogen-bond acceptors (Lipinski definition) is 2. The van der Waals surface area contributed by atoms with E-state index in [0.29, 0.717) is 16.7 Å². The molecule has 26 heavy (non-hydrogen) atoms. The van der Waals surface area contributed by atoms with Gasteiger partial charge < -0.3 is 0 Å². The molecule has 0 aliphatic heterocycles. The lowest BCUT2D eigenvalue weighted by molar-refractivity contribution is 0.0915. The summed E-state index contributed by atoms with van der Waals surface area (Å²) in [5.41, 5.74) is 11.8. The first-order valence-corrected chi connectivity index (χ1v) is 8.38. The summed E-state index contributed by atoms with van der Waals surface area (Å²) in [5.74, 6) is -0.245. The van der Waals surface area contributed by atoms with Crippen LogP contribution in [0.1, 0.15) is 32.6 Å². The van der Waals surface area contributed by atoms with Crippen LogP contribution in [0.15, 0.2) is 84.0 Å². The predicted octanol–water partition coefficient (Wildman–Crippen LogP) is 5.74. The van der Waals surface area contributed by atoms with E-state index in [1.54, 1.807) is 12.1 Å². The summed E-state index contributed by atoms with van der Waals surface area (Å²) in [5, 5.41) is 4.06. The zero-order valence-corrected chi connectivity index (χ0v) is 14.8. The average Bonchev–Trinajstić information content (AvgIpc) is 2.68. The molecule has 0 fully saturated rings. The second-order valence-corrected chi connectivity index (χ2v) is 6.33. The van der Waals surface area contributed by atoms with Crippen LogP contribution in [0, 0.1) is 13.8 Å². The Morgan fingerprint density at radius 1 is 0.808 bits per heavy atom. The third-order valence-corrected chi connectivity index (χ3v) is 4.50. The third-order valence-electron chi connectivity index (χ3n) is 4.50. The van der Waals surface area contributed by atoms with Crippen molar-refractivity contribution >= 4 is 5.78 Å². The molecule has 0 spiro atoms.